The van der Waals surface area contributed by atoms with Gasteiger partial charge < -0.3 is 0 Å². The smallest absolute Gasteiger partial charge is 0.0351 e. The van der Waals surface area contributed by atoms with Crippen LogP contribution in [0.15, 0.2) is 24.3 Å². The lowest BCUT2D eigenvalue weighted by molar-refractivity contribution is 0.297. The summed E-state index contributed by atoms with van der Waals surface area (Å²) in [5, 5.41) is 0. The van der Waals surface area contributed by atoms with E-state index >= 15 is 0 Å². The standard InChI is InChI=1S/C11H15ClIN/c1-2-14(8-7-12)9-10-5-3-4-6-11(10)13/h3-6H,2,7-9H2,1H3/i13-2. The van der Waals surface area contributed by atoms with E-state index in [1.807, 2.05) is 0 Å². The second-order valence-corrected chi connectivity index (χ2v) is 4.69. The van der Waals surface area contributed by atoms with Gasteiger partial charge in [0.1, 0.15) is 0 Å². The number of hydrogen-bond donors (Lipinski definition) is 0. The highest BCUT2D eigenvalue weighted by Crippen LogP contribution is 2.13. The molecule has 0 saturated carbocycles. The summed E-state index contributed by atoms with van der Waals surface area (Å²) in [5.41, 5.74) is 1.39. The van der Waals surface area contributed by atoms with Gasteiger partial charge in [0.15, 0.2) is 0 Å². The van der Waals surface area contributed by atoms with Gasteiger partial charge in [0.2, 0.25) is 0 Å². The molecule has 0 aliphatic carbocycles. The third kappa shape index (κ3) is 3.75. The molecular weight excluding hydrogens is 306 g/mol. The van der Waals surface area contributed by atoms with Crippen molar-refractivity contribution in [2.24, 2.45) is 0 Å². The largest absolute Gasteiger partial charge is 0.298 e. The second-order valence-electron chi connectivity index (χ2n) is 3.15. The molecule has 1 aromatic rings. The highest BCUT2D eigenvalue weighted by Gasteiger charge is 2.04. The van der Waals surface area contributed by atoms with Crippen molar-refractivity contribution < 1.29 is 0 Å². The maximum absolute atomic E-state index is 5.74. The molecule has 1 nitrogen and oxygen atoms in total. The summed E-state index contributed by atoms with van der Waals surface area (Å²) in [5.74, 6) is 0.706. The topological polar surface area (TPSA) is 3.24 Å². The molecule has 0 unspecified atom stereocenters. The molecule has 0 spiro atoms. The minimum absolute atomic E-state index is 0.706. The lowest BCUT2D eigenvalue weighted by Gasteiger charge is -2.19. The Kier molecular flexibility index (Phi) is 5.82. The molecule has 1 rings (SSSR count). The summed E-state index contributed by atoms with van der Waals surface area (Å²) in [7, 11) is 0. The van der Waals surface area contributed by atoms with Crippen molar-refractivity contribution in [1.29, 1.82) is 0 Å². The molecule has 0 saturated heterocycles. The minimum atomic E-state index is 0.706. The Morgan fingerprint density at radius 1 is 1.36 bits per heavy atom. The maximum Gasteiger partial charge on any atom is 0.0351 e. The zero-order valence-electron chi connectivity index (χ0n) is 8.34. The van der Waals surface area contributed by atoms with Gasteiger partial charge in [-0.25, -0.2) is 0 Å². The van der Waals surface area contributed by atoms with E-state index in [0.29, 0.717) is 5.88 Å². The van der Waals surface area contributed by atoms with Gasteiger partial charge in [0.05, 0.1) is 0 Å². The van der Waals surface area contributed by atoms with Gasteiger partial charge in [-0.3, -0.25) is 4.90 Å². The number of alkyl halides is 1. The zero-order valence-corrected chi connectivity index (χ0v) is 11.3. The Labute approximate surface area is 105 Å². The Morgan fingerprint density at radius 2 is 2.07 bits per heavy atom. The Hall–Kier alpha value is 0.200. The molecule has 0 aromatic heterocycles. The lowest BCUT2D eigenvalue weighted by Crippen LogP contribution is -2.25. The van der Waals surface area contributed by atoms with Gasteiger partial charge in [0.25, 0.3) is 0 Å². The van der Waals surface area contributed by atoms with Crippen molar-refractivity contribution in [2.75, 3.05) is 19.0 Å². The van der Waals surface area contributed by atoms with Gasteiger partial charge in [-0.15, -0.1) is 11.6 Å². The van der Waals surface area contributed by atoms with Gasteiger partial charge in [-0.1, -0.05) is 25.1 Å². The van der Waals surface area contributed by atoms with E-state index in [1.165, 1.54) is 9.13 Å². The highest BCUT2D eigenvalue weighted by molar-refractivity contribution is 14.1. The Balaban J connectivity index is 2.62. The molecule has 0 heterocycles. The molecule has 0 aliphatic rings. The van der Waals surface area contributed by atoms with Crippen molar-refractivity contribution in [3.8, 4) is 0 Å². The van der Waals surface area contributed by atoms with Gasteiger partial charge in [0, 0.05) is 22.5 Å². The van der Waals surface area contributed by atoms with Crippen LogP contribution in [0, 0.1) is 3.57 Å². The first kappa shape index (κ1) is 12.3. The van der Waals surface area contributed by atoms with E-state index in [4.69, 9.17) is 11.6 Å². The molecule has 1 aromatic carbocycles. The summed E-state index contributed by atoms with van der Waals surface area (Å²) in [6.45, 7) is 5.19. The predicted molar refractivity (Wildman–Crippen MR) is 70.8 cm³/mol. The average Bonchev–Trinajstić information content (AvgIpc) is 2.20. The average molecular weight is 322 g/mol. The third-order valence-corrected chi connectivity index (χ3v) is 3.42. The van der Waals surface area contributed by atoms with Crippen LogP contribution in [0.5, 0.6) is 0 Å². The van der Waals surface area contributed by atoms with E-state index in [1.54, 1.807) is 0 Å². The van der Waals surface area contributed by atoms with Crippen LogP contribution in [-0.2, 0) is 6.54 Å². The fourth-order valence-corrected chi connectivity index (χ4v) is 2.13. The summed E-state index contributed by atoms with van der Waals surface area (Å²) in [6, 6.07) is 8.48. The van der Waals surface area contributed by atoms with Crippen molar-refractivity contribution in [3.05, 3.63) is 33.4 Å². The van der Waals surface area contributed by atoms with E-state index in [2.05, 4.69) is 58.7 Å². The SMILES string of the molecule is CCN(CCCl)Cc1ccccc1[125I]. The van der Waals surface area contributed by atoms with Crippen molar-refractivity contribution >= 4 is 34.2 Å². The summed E-state index contributed by atoms with van der Waals surface area (Å²) >= 11 is 8.12. The van der Waals surface area contributed by atoms with Crippen molar-refractivity contribution in [1.82, 2.24) is 4.90 Å². The number of nitrogens with zero attached hydrogens (tertiary/aromatic N) is 1. The molecule has 78 valence electrons. The third-order valence-electron chi connectivity index (χ3n) is 2.20. The molecule has 0 atom stereocenters. The number of hydrogen-bond acceptors (Lipinski definition) is 1. The number of benzene rings is 1. The number of halogens is 2. The fourth-order valence-electron chi connectivity index (χ4n) is 1.34. The summed E-state index contributed by atoms with van der Waals surface area (Å²) < 4.78 is 1.33. The molecule has 0 bridgehead atoms. The van der Waals surface area contributed by atoms with Crippen LogP contribution >= 0.6 is 34.2 Å². The van der Waals surface area contributed by atoms with Gasteiger partial charge >= 0.3 is 0 Å². The van der Waals surface area contributed by atoms with Gasteiger partial charge in [-0.05, 0) is 40.8 Å². The first-order valence-electron chi connectivity index (χ1n) is 4.79. The lowest BCUT2D eigenvalue weighted by atomic mass is 10.2. The fraction of sp³-hybridized carbons (Fsp3) is 0.455. The Bertz CT molecular complexity index is 278. The van der Waals surface area contributed by atoms with E-state index < -0.39 is 0 Å². The van der Waals surface area contributed by atoms with Crippen LogP contribution in [-0.4, -0.2) is 23.9 Å². The molecule has 0 fully saturated rings. The van der Waals surface area contributed by atoms with Crippen LogP contribution in [0.1, 0.15) is 12.5 Å². The molecule has 0 amide bonds. The maximum atomic E-state index is 5.74. The van der Waals surface area contributed by atoms with E-state index in [0.717, 1.165) is 19.6 Å². The van der Waals surface area contributed by atoms with Crippen molar-refractivity contribution in [3.63, 3.8) is 0 Å². The molecule has 0 radical (unpaired) electrons. The second kappa shape index (κ2) is 6.64. The molecule has 0 N–H and O–H groups in total. The predicted octanol–water partition coefficient (Wildman–Crippen LogP) is 3.35. The number of rotatable bonds is 5. The van der Waals surface area contributed by atoms with E-state index in [-0.39, 0.29) is 0 Å². The van der Waals surface area contributed by atoms with Gasteiger partial charge in [-0.2, -0.15) is 0 Å². The van der Waals surface area contributed by atoms with Crippen LogP contribution in [0.3, 0.4) is 0 Å². The zero-order chi connectivity index (χ0) is 10.4. The van der Waals surface area contributed by atoms with Crippen LogP contribution in [0.25, 0.3) is 0 Å². The van der Waals surface area contributed by atoms with Crippen LogP contribution in [0.4, 0.5) is 0 Å². The first-order valence-corrected chi connectivity index (χ1v) is 6.41. The summed E-state index contributed by atoms with van der Waals surface area (Å²) in [4.78, 5) is 2.35. The summed E-state index contributed by atoms with van der Waals surface area (Å²) in [6.07, 6.45) is 0. The quantitative estimate of drug-likeness (QED) is 0.594. The van der Waals surface area contributed by atoms with Crippen LogP contribution in [0.2, 0.25) is 0 Å². The monoisotopic (exact) mass is 321 g/mol. The molecule has 3 heteroatoms. The van der Waals surface area contributed by atoms with Crippen molar-refractivity contribution in [2.45, 2.75) is 13.5 Å². The molecule has 0 aliphatic heterocycles. The molecule has 14 heavy (non-hydrogen) atoms. The minimum Gasteiger partial charge on any atom is -0.298 e. The highest BCUT2D eigenvalue weighted by atomic mass is 125. The molecular formula is C11H15ClIN. The normalized spacial score (nSPS) is 10.9. The first-order chi connectivity index (χ1) is 6.77. The Morgan fingerprint density at radius 3 is 2.64 bits per heavy atom. The van der Waals surface area contributed by atoms with E-state index in [9.17, 15) is 0 Å². The van der Waals surface area contributed by atoms with Crippen LogP contribution < -0.4 is 0 Å².